The summed E-state index contributed by atoms with van der Waals surface area (Å²) < 4.78 is 13.1. The number of hydrogen-bond acceptors (Lipinski definition) is 2. The number of benzene rings is 1. The minimum Gasteiger partial charge on any atom is -0.387 e. The Morgan fingerprint density at radius 3 is 2.71 bits per heavy atom. The summed E-state index contributed by atoms with van der Waals surface area (Å²) in [6.07, 6.45) is -0.860. The highest BCUT2D eigenvalue weighted by Crippen LogP contribution is 2.28. The van der Waals surface area contributed by atoms with Gasteiger partial charge < -0.3 is 10.4 Å². The molecule has 0 amide bonds. The highest BCUT2D eigenvalue weighted by atomic mass is 35.5. The molecule has 2 N–H and O–H groups in total. The summed E-state index contributed by atoms with van der Waals surface area (Å²) in [5.41, 5.74) is 0.297. The summed E-state index contributed by atoms with van der Waals surface area (Å²) in [7, 11) is 1.68. The van der Waals surface area contributed by atoms with Gasteiger partial charge in [0.1, 0.15) is 5.82 Å². The van der Waals surface area contributed by atoms with Crippen LogP contribution in [0, 0.1) is 5.82 Å². The van der Waals surface area contributed by atoms with E-state index in [1.54, 1.807) is 7.05 Å². The molecule has 0 fully saturated rings. The predicted molar refractivity (Wildman–Crippen MR) is 55.3 cm³/mol. The van der Waals surface area contributed by atoms with Crippen LogP contribution in [0.5, 0.6) is 0 Å². The second-order valence-corrected chi connectivity index (χ2v) is 3.68. The molecule has 78 valence electrons. The van der Waals surface area contributed by atoms with Gasteiger partial charge in [0.05, 0.1) is 11.1 Å². The molecule has 14 heavy (non-hydrogen) atoms. The first-order valence-electron chi connectivity index (χ1n) is 4.03. The van der Waals surface area contributed by atoms with Gasteiger partial charge in [-0.1, -0.05) is 23.2 Å². The fourth-order valence-electron chi connectivity index (χ4n) is 1.12. The van der Waals surface area contributed by atoms with Crippen LogP contribution in [0.1, 0.15) is 11.7 Å². The predicted octanol–water partition coefficient (Wildman–Crippen LogP) is 2.39. The number of hydrogen-bond donors (Lipinski definition) is 2. The van der Waals surface area contributed by atoms with E-state index in [0.29, 0.717) is 12.1 Å². The molecule has 1 unspecified atom stereocenters. The smallest absolute Gasteiger partial charge is 0.143 e. The third-order valence-electron chi connectivity index (χ3n) is 1.78. The van der Waals surface area contributed by atoms with Crippen molar-refractivity contribution in [3.8, 4) is 0 Å². The molecule has 0 aliphatic carbocycles. The number of aliphatic hydroxyl groups is 1. The lowest BCUT2D eigenvalue weighted by molar-refractivity contribution is 0.177. The van der Waals surface area contributed by atoms with Crippen molar-refractivity contribution in [2.45, 2.75) is 6.10 Å². The summed E-state index contributed by atoms with van der Waals surface area (Å²) in [5, 5.41) is 12.5. The number of rotatable bonds is 3. The van der Waals surface area contributed by atoms with Crippen molar-refractivity contribution in [3.63, 3.8) is 0 Å². The SMILES string of the molecule is CNCC(O)c1cc(Cl)cc(F)c1Cl. The Kier molecular flexibility index (Phi) is 4.13. The molecule has 0 bridgehead atoms. The van der Waals surface area contributed by atoms with Crippen LogP contribution in [0.4, 0.5) is 4.39 Å². The topological polar surface area (TPSA) is 32.3 Å². The van der Waals surface area contributed by atoms with E-state index >= 15 is 0 Å². The quantitative estimate of drug-likeness (QED) is 0.792. The zero-order chi connectivity index (χ0) is 10.7. The molecule has 0 radical (unpaired) electrons. The van der Waals surface area contributed by atoms with E-state index in [2.05, 4.69) is 5.32 Å². The third-order valence-corrected chi connectivity index (χ3v) is 2.39. The molecule has 1 atom stereocenters. The van der Waals surface area contributed by atoms with E-state index in [-0.39, 0.29) is 10.0 Å². The van der Waals surface area contributed by atoms with Crippen LogP contribution < -0.4 is 5.32 Å². The highest BCUT2D eigenvalue weighted by molar-refractivity contribution is 6.33. The average molecular weight is 238 g/mol. The zero-order valence-corrected chi connectivity index (χ0v) is 9.03. The summed E-state index contributed by atoms with van der Waals surface area (Å²) in [5.74, 6) is -0.621. The second kappa shape index (κ2) is 4.94. The molecule has 1 aromatic carbocycles. The third kappa shape index (κ3) is 2.58. The van der Waals surface area contributed by atoms with Crippen molar-refractivity contribution in [2.75, 3.05) is 13.6 Å². The first kappa shape index (κ1) is 11.7. The molecular formula is C9H10Cl2FNO. The highest BCUT2D eigenvalue weighted by Gasteiger charge is 2.15. The maximum Gasteiger partial charge on any atom is 0.143 e. The lowest BCUT2D eigenvalue weighted by atomic mass is 10.1. The Bertz CT molecular complexity index is 333. The van der Waals surface area contributed by atoms with Crippen LogP contribution in [0.25, 0.3) is 0 Å². The van der Waals surface area contributed by atoms with Gasteiger partial charge in [-0.2, -0.15) is 0 Å². The minimum absolute atomic E-state index is 0.0860. The molecule has 0 saturated heterocycles. The average Bonchev–Trinajstić information content (AvgIpc) is 2.11. The van der Waals surface area contributed by atoms with Crippen molar-refractivity contribution in [3.05, 3.63) is 33.6 Å². The summed E-state index contributed by atoms with van der Waals surface area (Å²) in [6, 6.07) is 2.56. The molecule has 1 aromatic rings. The molecular weight excluding hydrogens is 228 g/mol. The molecule has 5 heteroatoms. The Balaban J connectivity index is 3.07. The van der Waals surface area contributed by atoms with Crippen molar-refractivity contribution in [1.82, 2.24) is 5.32 Å². The summed E-state index contributed by atoms with van der Waals surface area (Å²) in [6.45, 7) is 0.291. The molecule has 0 spiro atoms. The van der Waals surface area contributed by atoms with Gasteiger partial charge >= 0.3 is 0 Å². The van der Waals surface area contributed by atoms with Crippen molar-refractivity contribution in [1.29, 1.82) is 0 Å². The van der Waals surface area contributed by atoms with E-state index in [0.717, 1.165) is 6.07 Å². The largest absolute Gasteiger partial charge is 0.387 e. The van der Waals surface area contributed by atoms with Crippen LogP contribution in [-0.4, -0.2) is 18.7 Å². The van der Waals surface area contributed by atoms with Crippen LogP contribution >= 0.6 is 23.2 Å². The number of nitrogens with one attached hydrogen (secondary N) is 1. The van der Waals surface area contributed by atoms with Gasteiger partial charge in [-0.25, -0.2) is 4.39 Å². The van der Waals surface area contributed by atoms with Gasteiger partial charge in [0.25, 0.3) is 0 Å². The Labute approximate surface area is 91.6 Å². The molecule has 2 nitrogen and oxygen atoms in total. The monoisotopic (exact) mass is 237 g/mol. The normalized spacial score (nSPS) is 12.9. The summed E-state index contributed by atoms with van der Waals surface area (Å²) in [4.78, 5) is 0. The Morgan fingerprint density at radius 1 is 1.50 bits per heavy atom. The maximum absolute atomic E-state index is 13.1. The minimum atomic E-state index is -0.860. The van der Waals surface area contributed by atoms with Crippen LogP contribution in [0.3, 0.4) is 0 Å². The van der Waals surface area contributed by atoms with E-state index in [1.807, 2.05) is 0 Å². The molecule has 1 rings (SSSR count). The Hall–Kier alpha value is -0.350. The van der Waals surface area contributed by atoms with Crippen LogP contribution in [0.2, 0.25) is 10.0 Å². The molecule has 0 saturated carbocycles. The van der Waals surface area contributed by atoms with Crippen molar-refractivity contribution >= 4 is 23.2 Å². The van der Waals surface area contributed by atoms with Gasteiger partial charge in [0.15, 0.2) is 0 Å². The standard InChI is InChI=1S/C9H10Cl2FNO/c1-13-4-8(14)6-2-5(10)3-7(12)9(6)11/h2-3,8,13-14H,4H2,1H3. The van der Waals surface area contributed by atoms with Gasteiger partial charge in [-0.05, 0) is 19.2 Å². The Morgan fingerprint density at radius 2 is 2.14 bits per heavy atom. The molecule has 0 heterocycles. The lowest BCUT2D eigenvalue weighted by Gasteiger charge is -2.12. The first-order valence-corrected chi connectivity index (χ1v) is 4.79. The number of halogens is 3. The van der Waals surface area contributed by atoms with Crippen LogP contribution in [-0.2, 0) is 0 Å². The van der Waals surface area contributed by atoms with Gasteiger partial charge in [-0.15, -0.1) is 0 Å². The lowest BCUT2D eigenvalue weighted by Crippen LogP contribution is -2.17. The van der Waals surface area contributed by atoms with E-state index < -0.39 is 11.9 Å². The molecule has 0 aliphatic heterocycles. The fraction of sp³-hybridized carbons (Fsp3) is 0.333. The van der Waals surface area contributed by atoms with Gasteiger partial charge in [-0.3, -0.25) is 0 Å². The first-order chi connectivity index (χ1) is 6.56. The maximum atomic E-state index is 13.1. The van der Waals surface area contributed by atoms with E-state index in [4.69, 9.17) is 23.2 Å². The summed E-state index contributed by atoms with van der Waals surface area (Å²) >= 11 is 11.3. The van der Waals surface area contributed by atoms with Gasteiger partial charge in [0, 0.05) is 17.1 Å². The number of aliphatic hydroxyl groups excluding tert-OH is 1. The zero-order valence-electron chi connectivity index (χ0n) is 7.52. The van der Waals surface area contributed by atoms with E-state index in [9.17, 15) is 9.50 Å². The van der Waals surface area contributed by atoms with Crippen molar-refractivity contribution < 1.29 is 9.50 Å². The fourth-order valence-corrected chi connectivity index (χ4v) is 1.57. The van der Waals surface area contributed by atoms with E-state index in [1.165, 1.54) is 6.07 Å². The van der Waals surface area contributed by atoms with Crippen LogP contribution in [0.15, 0.2) is 12.1 Å². The molecule has 0 aromatic heterocycles. The second-order valence-electron chi connectivity index (χ2n) is 2.86. The van der Waals surface area contributed by atoms with Gasteiger partial charge in [0.2, 0.25) is 0 Å². The number of likely N-dealkylation sites (N-methyl/N-ethyl adjacent to an activating group) is 1. The van der Waals surface area contributed by atoms with Crippen molar-refractivity contribution in [2.24, 2.45) is 0 Å². The molecule has 0 aliphatic rings.